The van der Waals surface area contributed by atoms with Crippen molar-refractivity contribution in [2.75, 3.05) is 39.5 Å². The highest BCUT2D eigenvalue weighted by atomic mass is 79.9. The van der Waals surface area contributed by atoms with Crippen molar-refractivity contribution in [1.29, 1.82) is 0 Å². The van der Waals surface area contributed by atoms with E-state index >= 15 is 0 Å². The summed E-state index contributed by atoms with van der Waals surface area (Å²) in [7, 11) is 0. The van der Waals surface area contributed by atoms with Crippen molar-refractivity contribution in [3.05, 3.63) is 62.7 Å². The summed E-state index contributed by atoms with van der Waals surface area (Å²) in [5, 5.41) is -0.494. The lowest BCUT2D eigenvalue weighted by Crippen LogP contribution is -2.46. The number of nitrogens with zero attached hydrogens (tertiary/aromatic N) is 2. The van der Waals surface area contributed by atoms with E-state index in [1.165, 1.54) is 12.1 Å². The number of morpholine rings is 1. The summed E-state index contributed by atoms with van der Waals surface area (Å²) in [6, 6.07) is 9.55. The number of amides is 3. The Balaban J connectivity index is 1.50. The highest BCUT2D eigenvalue weighted by molar-refractivity contribution is 9.10. The first-order valence-electron chi connectivity index (χ1n) is 11.3. The number of hydrogen-bond acceptors (Lipinski definition) is 7. The van der Waals surface area contributed by atoms with Crippen LogP contribution in [0.4, 0.5) is 9.18 Å². The zero-order chi connectivity index (χ0) is 25.7. The second kappa shape index (κ2) is 11.9. The Morgan fingerprint density at radius 3 is 2.69 bits per heavy atom. The Labute approximate surface area is 220 Å². The molecule has 2 saturated heterocycles. The van der Waals surface area contributed by atoms with Crippen molar-refractivity contribution in [1.82, 2.24) is 9.80 Å². The maximum absolute atomic E-state index is 13.5. The van der Waals surface area contributed by atoms with Crippen LogP contribution in [0.5, 0.6) is 11.5 Å². The molecule has 0 aromatic heterocycles. The average molecular weight is 579 g/mol. The molecule has 3 amide bonds. The fourth-order valence-corrected chi connectivity index (χ4v) is 5.10. The Hall–Kier alpha value is -2.89. The highest BCUT2D eigenvalue weighted by Crippen LogP contribution is 2.39. The fourth-order valence-electron chi connectivity index (χ4n) is 3.69. The van der Waals surface area contributed by atoms with E-state index in [0.29, 0.717) is 60.0 Å². The molecule has 4 rings (SSSR count). The first-order valence-corrected chi connectivity index (χ1v) is 12.9. The Morgan fingerprint density at radius 2 is 1.97 bits per heavy atom. The van der Waals surface area contributed by atoms with Gasteiger partial charge in [0.2, 0.25) is 5.91 Å². The van der Waals surface area contributed by atoms with Gasteiger partial charge in [0.25, 0.3) is 11.1 Å². The van der Waals surface area contributed by atoms with E-state index in [4.69, 9.17) is 14.2 Å². The molecule has 0 radical (unpaired) electrons. The topological polar surface area (TPSA) is 85.4 Å². The average Bonchev–Trinajstić information content (AvgIpc) is 3.11. The molecule has 0 N–H and O–H groups in total. The summed E-state index contributed by atoms with van der Waals surface area (Å²) in [6.07, 6.45) is 1.58. The minimum atomic E-state index is -0.521. The summed E-state index contributed by atoms with van der Waals surface area (Å²) in [5.74, 6) is -0.301. The van der Waals surface area contributed by atoms with Gasteiger partial charge in [0.15, 0.2) is 11.5 Å². The van der Waals surface area contributed by atoms with Gasteiger partial charge in [-0.25, -0.2) is 4.39 Å². The van der Waals surface area contributed by atoms with Crippen LogP contribution in [-0.2, 0) is 20.9 Å². The molecule has 0 aliphatic carbocycles. The van der Waals surface area contributed by atoms with Crippen molar-refractivity contribution in [3.8, 4) is 11.5 Å². The van der Waals surface area contributed by atoms with Crippen LogP contribution in [0.2, 0.25) is 0 Å². The molecule has 2 aliphatic heterocycles. The minimum absolute atomic E-state index is 0.131. The predicted molar refractivity (Wildman–Crippen MR) is 136 cm³/mol. The van der Waals surface area contributed by atoms with Crippen molar-refractivity contribution < 1.29 is 33.0 Å². The number of imide groups is 1. The summed E-state index contributed by atoms with van der Waals surface area (Å²) in [6.45, 7) is 3.77. The van der Waals surface area contributed by atoms with Crippen molar-refractivity contribution >= 4 is 50.8 Å². The van der Waals surface area contributed by atoms with E-state index < -0.39 is 11.1 Å². The quantitative estimate of drug-likeness (QED) is 0.427. The van der Waals surface area contributed by atoms with Gasteiger partial charge in [0, 0.05) is 13.1 Å². The van der Waals surface area contributed by atoms with Crippen LogP contribution >= 0.6 is 27.7 Å². The molecule has 0 saturated carbocycles. The highest BCUT2D eigenvalue weighted by Gasteiger charge is 2.37. The second-order valence-electron chi connectivity index (χ2n) is 7.94. The molecular formula is C25H24BrFN2O6S. The van der Waals surface area contributed by atoms with Gasteiger partial charge in [-0.3, -0.25) is 19.3 Å². The number of carbonyl (C=O) groups is 3. The van der Waals surface area contributed by atoms with Crippen molar-refractivity contribution in [2.24, 2.45) is 0 Å². The number of halogens is 2. The third-order valence-electron chi connectivity index (χ3n) is 5.43. The first-order chi connectivity index (χ1) is 17.4. The van der Waals surface area contributed by atoms with E-state index in [1.54, 1.807) is 35.2 Å². The van der Waals surface area contributed by atoms with E-state index in [0.717, 1.165) is 16.7 Å². The smallest absolute Gasteiger partial charge is 0.294 e. The molecule has 0 atom stereocenters. The van der Waals surface area contributed by atoms with Crippen LogP contribution in [0.15, 0.2) is 45.8 Å². The zero-order valence-corrected chi connectivity index (χ0v) is 21.9. The molecule has 0 unspecified atom stereocenters. The number of thioether (sulfide) groups is 1. The normalized spacial score (nSPS) is 17.1. The lowest BCUT2D eigenvalue weighted by atomic mass is 10.1. The van der Waals surface area contributed by atoms with Gasteiger partial charge in [-0.05, 0) is 76.1 Å². The largest absolute Gasteiger partial charge is 0.490 e. The van der Waals surface area contributed by atoms with Gasteiger partial charge < -0.3 is 19.1 Å². The Kier molecular flexibility index (Phi) is 8.65. The third kappa shape index (κ3) is 6.26. The summed E-state index contributed by atoms with van der Waals surface area (Å²) in [5.41, 5.74) is 1.27. The standard InChI is InChI=1S/C25H24BrFN2O6S/c1-2-34-20-12-17(11-19(26)23(20)35-15-16-4-3-5-18(27)10-16)13-21-24(31)29(25(32)36-21)14-22(30)28-6-8-33-9-7-28/h3-5,10-13H,2,6-9,14-15H2,1H3/b21-13+. The molecule has 2 aromatic rings. The van der Waals surface area contributed by atoms with E-state index in [-0.39, 0.29) is 29.8 Å². The number of hydrogen-bond donors (Lipinski definition) is 0. The molecule has 8 nitrogen and oxygen atoms in total. The third-order valence-corrected chi connectivity index (χ3v) is 6.93. The molecular weight excluding hydrogens is 555 g/mol. The number of rotatable bonds is 8. The van der Waals surface area contributed by atoms with Gasteiger partial charge >= 0.3 is 0 Å². The first kappa shape index (κ1) is 26.2. The van der Waals surface area contributed by atoms with Gasteiger partial charge in [-0.15, -0.1) is 0 Å². The maximum Gasteiger partial charge on any atom is 0.294 e. The number of carbonyl (C=O) groups excluding carboxylic acids is 3. The van der Waals surface area contributed by atoms with Gasteiger partial charge in [0.1, 0.15) is 19.0 Å². The number of benzene rings is 2. The van der Waals surface area contributed by atoms with Crippen molar-refractivity contribution in [2.45, 2.75) is 13.5 Å². The van der Waals surface area contributed by atoms with Crippen LogP contribution in [-0.4, -0.2) is 66.3 Å². The zero-order valence-electron chi connectivity index (χ0n) is 19.5. The van der Waals surface area contributed by atoms with Gasteiger partial charge in [-0.2, -0.15) is 0 Å². The van der Waals surface area contributed by atoms with Crippen molar-refractivity contribution in [3.63, 3.8) is 0 Å². The second-order valence-corrected chi connectivity index (χ2v) is 9.79. The van der Waals surface area contributed by atoms with Crippen LogP contribution in [0.1, 0.15) is 18.1 Å². The van der Waals surface area contributed by atoms with E-state index in [1.807, 2.05) is 6.92 Å². The minimum Gasteiger partial charge on any atom is -0.490 e. The van der Waals surface area contributed by atoms with Crippen LogP contribution in [0.3, 0.4) is 0 Å². The van der Waals surface area contributed by atoms with E-state index in [9.17, 15) is 18.8 Å². The Morgan fingerprint density at radius 1 is 1.19 bits per heavy atom. The fraction of sp³-hybridized carbons (Fsp3) is 0.320. The van der Waals surface area contributed by atoms with Crippen LogP contribution in [0, 0.1) is 5.82 Å². The lowest BCUT2D eigenvalue weighted by Gasteiger charge is -2.28. The molecule has 36 heavy (non-hydrogen) atoms. The molecule has 0 spiro atoms. The summed E-state index contributed by atoms with van der Waals surface area (Å²) >= 11 is 4.27. The van der Waals surface area contributed by atoms with E-state index in [2.05, 4.69) is 15.9 Å². The molecule has 2 heterocycles. The van der Waals surface area contributed by atoms with Crippen LogP contribution in [0.25, 0.3) is 6.08 Å². The molecule has 2 aliphatic rings. The summed E-state index contributed by atoms with van der Waals surface area (Å²) in [4.78, 5) is 40.7. The van der Waals surface area contributed by atoms with Gasteiger partial charge in [0.05, 0.1) is 29.2 Å². The molecule has 11 heteroatoms. The summed E-state index contributed by atoms with van der Waals surface area (Å²) < 4.78 is 30.9. The van der Waals surface area contributed by atoms with Crippen LogP contribution < -0.4 is 9.47 Å². The predicted octanol–water partition coefficient (Wildman–Crippen LogP) is 4.46. The monoisotopic (exact) mass is 578 g/mol. The van der Waals surface area contributed by atoms with Gasteiger partial charge in [-0.1, -0.05) is 12.1 Å². The lowest BCUT2D eigenvalue weighted by molar-refractivity contribution is -0.139. The maximum atomic E-state index is 13.5. The SMILES string of the molecule is CCOc1cc(/C=C2/SC(=O)N(CC(=O)N3CCOCC3)C2=O)cc(Br)c1OCc1cccc(F)c1. The molecule has 2 fully saturated rings. The number of ether oxygens (including phenoxy) is 3. The molecule has 190 valence electrons. The Bertz CT molecular complexity index is 1200. The molecule has 2 aromatic carbocycles. The molecule has 0 bridgehead atoms.